The van der Waals surface area contributed by atoms with Gasteiger partial charge in [0, 0.05) is 52.2 Å². The number of carboxylic acids is 1. The van der Waals surface area contributed by atoms with Gasteiger partial charge in [-0.25, -0.2) is 0 Å². The maximum atomic E-state index is 14.9. The van der Waals surface area contributed by atoms with Gasteiger partial charge in [0.2, 0.25) is 88.6 Å². The normalized spacial score (nSPS) is 16.2. The molecule has 28 N–H and O–H groups in total. The number of benzene rings is 3. The fraction of sp³-hybridized carbons (Fsp3) is 0.524. The minimum absolute atomic E-state index is 0.00414. The first-order valence-electron chi connectivity index (χ1n) is 40.9. The SMILES string of the molecule is CC(=O)N[C@@H](Cc1ccc(O)cc1)C(=O)N[C@H](C(=O)N[C@H](C(=O)N[C@@H](CC(N)=O)C(=O)N1CCC[C@H]1C(=O)N[C@@H](CCCN=C(N)N)C(=O)N[C@@H](CCCCN)C(=O)N[C@@H](CC(C)C)C(=O)N[C@@H](Cc1ccc(O)cc1)C(=O)N[C@@H](CC(=O)O)C(=O)N[C@@H](Cc1ccc(O)cc1)C(=O)N[C@@H](CCCCNC(=O)CCC1C(=O)C=CC1=O)C(N)=O)[C@@H](C)O)[C@@H](C)O. The summed E-state index contributed by atoms with van der Waals surface area (Å²) in [6, 6.07) is -3.77. The number of aliphatic imine (C=N–C) groups is 1. The molecule has 0 saturated carbocycles. The fourth-order valence-corrected chi connectivity index (χ4v) is 13.6. The van der Waals surface area contributed by atoms with E-state index in [1.807, 2.05) is 0 Å². The van der Waals surface area contributed by atoms with Crippen molar-refractivity contribution < 1.29 is 117 Å². The molecule has 15 amide bonds. The van der Waals surface area contributed by atoms with Crippen LogP contribution in [0.2, 0.25) is 0 Å². The molecular formula is C82H117N19O24. The fourth-order valence-electron chi connectivity index (χ4n) is 13.6. The van der Waals surface area contributed by atoms with Gasteiger partial charge in [0.25, 0.3) is 0 Å². The quantitative estimate of drug-likeness (QED) is 0.0108. The summed E-state index contributed by atoms with van der Waals surface area (Å²) >= 11 is 0. The van der Waals surface area contributed by atoms with Crippen molar-refractivity contribution in [2.75, 3.05) is 26.2 Å². The third-order valence-electron chi connectivity index (χ3n) is 20.2. The number of nitrogens with zero attached hydrogens (tertiary/aromatic N) is 2. The predicted octanol–water partition coefficient (Wildman–Crippen LogP) is -5.61. The standard InChI is InChI=1S/C82H117N19O24/c1-42(2)36-56(73(117)95-59(39-48-20-26-51(107)27-21-48)75(119)97-60(41-67(112)113)76(120)96-58(38-47-18-24-50(106)25-19-47)74(118)91-53(70(85)114)12-7-9-33-88-66(111)31-28-52-63(108)29-30-64(52)109)94-72(116)54(13-6-8-32-83)92-71(115)55(14-10-34-89-82(86)87)93-78(122)62-15-11-35-101(62)81(125)61(40-65(84)110)98-79(123)68(43(3)102)100-80(124)69(44(4)103)99-77(121)57(90-45(5)104)37-46-16-22-49(105)23-17-46/h16-27,29-30,42-44,52-62,68-69,102-103,105-107H,6-15,28,31-41,83H2,1-5H3,(H2,84,110)(H2,85,114)(H,88,111)(H,90,104)(H,91,118)(H,92,115)(H,93,122)(H,94,116)(H,95,117)(H,96,120)(H,97,119)(H,98,123)(H,99,121)(H,100,124)(H,112,113)(H4,86,87,89)/t43-,44-,53+,54+,55+,56+,57+,58+,59+,60+,61+,62+,68+,69+/m1/s1. The number of primary amides is 2. The molecule has 0 radical (unpaired) electrons. The average Bonchev–Trinajstić information content (AvgIpc) is 1.70. The number of carbonyl (C=O) groups is 18. The summed E-state index contributed by atoms with van der Waals surface area (Å²) in [5, 5.41) is 91.7. The van der Waals surface area contributed by atoms with Gasteiger partial charge in [0.1, 0.15) is 89.8 Å². The van der Waals surface area contributed by atoms with Crippen molar-refractivity contribution in [3.8, 4) is 17.2 Å². The van der Waals surface area contributed by atoms with Gasteiger partial charge in [-0.3, -0.25) is 91.3 Å². The molecule has 125 heavy (non-hydrogen) atoms. The number of nitrogens with one attached hydrogen (secondary N) is 12. The monoisotopic (exact) mass is 1750 g/mol. The Bertz CT molecular complexity index is 4330. The largest absolute Gasteiger partial charge is 0.508 e. The third kappa shape index (κ3) is 35.3. The molecule has 0 unspecified atom stereocenters. The van der Waals surface area contributed by atoms with Crippen LogP contribution in [0.1, 0.15) is 148 Å². The summed E-state index contributed by atoms with van der Waals surface area (Å²) in [6.07, 6.45) is -3.97. The smallest absolute Gasteiger partial charge is 0.305 e. The van der Waals surface area contributed by atoms with Gasteiger partial charge in [-0.2, -0.15) is 0 Å². The van der Waals surface area contributed by atoms with Crippen molar-refractivity contribution in [3.63, 3.8) is 0 Å². The molecule has 3 aromatic rings. The Morgan fingerprint density at radius 3 is 1.36 bits per heavy atom. The predicted molar refractivity (Wildman–Crippen MR) is 447 cm³/mol. The lowest BCUT2D eigenvalue weighted by Crippen LogP contribution is -2.63. The number of hydrogen-bond acceptors (Lipinski definition) is 25. The number of carboxylic acid groups (broad SMARTS) is 1. The van der Waals surface area contributed by atoms with Crippen LogP contribution in [0, 0.1) is 11.8 Å². The second-order valence-electron chi connectivity index (χ2n) is 31.1. The molecule has 43 nitrogen and oxygen atoms in total. The van der Waals surface area contributed by atoms with Crippen LogP contribution < -0.4 is 92.5 Å². The molecular weight excluding hydrogens is 1640 g/mol. The third-order valence-corrected chi connectivity index (χ3v) is 20.2. The van der Waals surface area contributed by atoms with Crippen molar-refractivity contribution in [1.82, 2.24) is 68.7 Å². The van der Waals surface area contributed by atoms with Crippen molar-refractivity contribution in [1.29, 1.82) is 0 Å². The Morgan fingerprint density at radius 2 is 0.888 bits per heavy atom. The number of ketones is 2. The first-order valence-corrected chi connectivity index (χ1v) is 40.9. The maximum absolute atomic E-state index is 14.9. The van der Waals surface area contributed by atoms with Gasteiger partial charge in [-0.1, -0.05) is 50.2 Å². The second-order valence-corrected chi connectivity index (χ2v) is 31.1. The molecule has 0 aromatic heterocycles. The molecule has 5 rings (SSSR count). The lowest BCUT2D eigenvalue weighted by atomic mass is 9.99. The van der Waals surface area contributed by atoms with E-state index in [1.165, 1.54) is 72.8 Å². The van der Waals surface area contributed by atoms with Gasteiger partial charge in [-0.15, -0.1) is 0 Å². The van der Waals surface area contributed by atoms with E-state index in [-0.39, 0.29) is 145 Å². The zero-order valence-electron chi connectivity index (χ0n) is 70.2. The summed E-state index contributed by atoms with van der Waals surface area (Å²) < 4.78 is 0. The van der Waals surface area contributed by atoms with Gasteiger partial charge in [0.15, 0.2) is 17.5 Å². The number of guanidine groups is 1. The van der Waals surface area contributed by atoms with E-state index in [4.69, 9.17) is 28.7 Å². The molecule has 1 fully saturated rings. The summed E-state index contributed by atoms with van der Waals surface area (Å²) in [6.45, 7) is 6.59. The molecule has 0 spiro atoms. The highest BCUT2D eigenvalue weighted by atomic mass is 16.4. The van der Waals surface area contributed by atoms with Crippen LogP contribution in [0.4, 0.5) is 0 Å². The number of nitrogens with two attached hydrogens (primary N) is 5. The molecule has 1 aliphatic carbocycles. The minimum Gasteiger partial charge on any atom is -0.508 e. The van der Waals surface area contributed by atoms with E-state index in [0.29, 0.717) is 17.5 Å². The number of unbranched alkanes of at least 4 members (excludes halogenated alkanes) is 2. The Kier molecular flexibility index (Phi) is 41.8. The van der Waals surface area contributed by atoms with E-state index in [0.717, 1.165) is 37.8 Å². The molecule has 1 saturated heterocycles. The van der Waals surface area contributed by atoms with Crippen LogP contribution in [0.25, 0.3) is 0 Å². The summed E-state index contributed by atoms with van der Waals surface area (Å²) in [4.78, 5) is 251. The molecule has 3 aromatic carbocycles. The highest BCUT2D eigenvalue weighted by Crippen LogP contribution is 2.23. The number of phenols is 3. The van der Waals surface area contributed by atoms with E-state index in [9.17, 15) is 117 Å². The van der Waals surface area contributed by atoms with Crippen molar-refractivity contribution >= 4 is 112 Å². The number of rotatable bonds is 53. The highest BCUT2D eigenvalue weighted by molar-refractivity contribution is 6.18. The number of carbonyl (C=O) groups excluding carboxylic acids is 17. The highest BCUT2D eigenvalue weighted by Gasteiger charge is 2.43. The van der Waals surface area contributed by atoms with E-state index < -0.39 is 222 Å². The summed E-state index contributed by atoms with van der Waals surface area (Å²) in [5.74, 6) is -19.8. The average molecular weight is 1750 g/mol. The molecule has 0 bridgehead atoms. The number of aliphatic hydroxyl groups excluding tert-OH is 2. The van der Waals surface area contributed by atoms with Crippen molar-refractivity contribution in [3.05, 3.63) is 102 Å². The van der Waals surface area contributed by atoms with Gasteiger partial charge in [0.05, 0.1) is 31.0 Å². The number of phenolic OH excluding ortho intramolecular Hbond substituents is 3. The van der Waals surface area contributed by atoms with Crippen LogP contribution in [-0.2, 0) is 106 Å². The lowest BCUT2D eigenvalue weighted by molar-refractivity contribution is -0.144. The zero-order chi connectivity index (χ0) is 92.9. The Balaban J connectivity index is 1.36. The number of aromatic hydroxyl groups is 3. The first kappa shape index (κ1) is 102. The van der Waals surface area contributed by atoms with E-state index >= 15 is 0 Å². The molecule has 684 valence electrons. The van der Waals surface area contributed by atoms with Crippen LogP contribution in [0.15, 0.2) is 89.9 Å². The molecule has 1 heterocycles. The van der Waals surface area contributed by atoms with Crippen LogP contribution in [0.3, 0.4) is 0 Å². The lowest BCUT2D eigenvalue weighted by Gasteiger charge is -2.31. The van der Waals surface area contributed by atoms with Crippen molar-refractivity contribution in [2.24, 2.45) is 45.5 Å². The second kappa shape index (κ2) is 51.0. The summed E-state index contributed by atoms with van der Waals surface area (Å²) in [7, 11) is 0. The minimum atomic E-state index is -2.04. The molecule has 2 aliphatic rings. The van der Waals surface area contributed by atoms with Crippen LogP contribution in [0.5, 0.6) is 17.2 Å². The number of likely N-dealkylation sites (tertiary alicyclic amines) is 1. The Hall–Kier alpha value is -13.2. The molecule has 14 atom stereocenters. The van der Waals surface area contributed by atoms with Crippen LogP contribution >= 0.6 is 0 Å². The first-order chi connectivity index (χ1) is 59.0. The zero-order valence-corrected chi connectivity index (χ0v) is 70.2. The molecule has 43 heteroatoms. The van der Waals surface area contributed by atoms with Crippen molar-refractivity contribution in [2.45, 2.75) is 235 Å². The van der Waals surface area contributed by atoms with Crippen LogP contribution in [-0.4, -0.2) is 259 Å². The molecule has 1 aliphatic heterocycles. The Labute approximate surface area is 720 Å². The number of amides is 15. The number of aliphatic carboxylic acids is 1. The van der Waals surface area contributed by atoms with Gasteiger partial charge < -0.3 is 128 Å². The van der Waals surface area contributed by atoms with Gasteiger partial charge >= 0.3 is 5.97 Å². The van der Waals surface area contributed by atoms with E-state index in [2.05, 4.69) is 68.8 Å². The number of hydrogen-bond donors (Lipinski definition) is 23. The summed E-state index contributed by atoms with van der Waals surface area (Å²) in [5.41, 5.74) is 29.5. The topological polar surface area (TPSA) is 719 Å². The number of allylic oxidation sites excluding steroid dienone is 2. The number of aliphatic hydroxyl groups is 2. The van der Waals surface area contributed by atoms with E-state index in [1.54, 1.807) is 13.8 Å². The maximum Gasteiger partial charge on any atom is 0.305 e. The van der Waals surface area contributed by atoms with Gasteiger partial charge in [-0.05, 0) is 169 Å². The Morgan fingerprint density at radius 1 is 0.480 bits per heavy atom.